The molecule has 1 fully saturated rings. The average Bonchev–Trinajstić information content (AvgIpc) is 3.19. The Morgan fingerprint density at radius 2 is 2.16 bits per heavy atom. The zero-order valence-electron chi connectivity index (χ0n) is 12.5. The van der Waals surface area contributed by atoms with Crippen molar-refractivity contribution in [2.24, 2.45) is 5.41 Å². The van der Waals surface area contributed by atoms with Gasteiger partial charge in [-0.2, -0.15) is 0 Å². The third kappa shape index (κ3) is 5.70. The summed E-state index contributed by atoms with van der Waals surface area (Å²) in [6, 6.07) is 6.94. The van der Waals surface area contributed by atoms with E-state index < -0.39 is 0 Å². The monoisotopic (exact) mass is 261 g/mol. The lowest BCUT2D eigenvalue weighted by molar-refractivity contribution is 0.205. The number of hydrogen-bond acceptors (Lipinski definition) is 3. The van der Waals surface area contributed by atoms with Gasteiger partial charge in [-0.15, -0.1) is 0 Å². The van der Waals surface area contributed by atoms with Gasteiger partial charge >= 0.3 is 0 Å². The van der Waals surface area contributed by atoms with Gasteiger partial charge in [0.2, 0.25) is 0 Å². The molecule has 0 saturated heterocycles. The van der Waals surface area contributed by atoms with Crippen LogP contribution in [0.5, 0.6) is 0 Å². The molecule has 0 atom stereocenters. The highest BCUT2D eigenvalue weighted by Gasteiger charge is 2.25. The summed E-state index contributed by atoms with van der Waals surface area (Å²) in [4.78, 5) is 6.80. The average molecular weight is 261 g/mol. The molecular formula is C16H27N3. The lowest BCUT2D eigenvalue weighted by atomic mass is 9.92. The van der Waals surface area contributed by atoms with Crippen molar-refractivity contribution in [1.82, 2.24) is 15.2 Å². The summed E-state index contributed by atoms with van der Waals surface area (Å²) in [5.74, 6) is 0. The van der Waals surface area contributed by atoms with Crippen LogP contribution in [-0.2, 0) is 6.42 Å². The molecule has 1 aromatic heterocycles. The molecule has 0 amide bonds. The minimum absolute atomic E-state index is 0.335. The Morgan fingerprint density at radius 3 is 2.79 bits per heavy atom. The van der Waals surface area contributed by atoms with Gasteiger partial charge in [-0.05, 0) is 37.4 Å². The minimum atomic E-state index is 0.335. The fourth-order valence-electron chi connectivity index (χ4n) is 2.43. The van der Waals surface area contributed by atoms with Crippen molar-refractivity contribution < 1.29 is 0 Å². The number of pyridine rings is 1. The Hall–Kier alpha value is -0.930. The fraction of sp³-hybridized carbons (Fsp3) is 0.688. The van der Waals surface area contributed by atoms with Crippen LogP contribution in [-0.4, -0.2) is 42.6 Å². The fourth-order valence-corrected chi connectivity index (χ4v) is 2.43. The molecule has 1 heterocycles. The first kappa shape index (κ1) is 14.5. The Labute approximate surface area is 117 Å². The van der Waals surface area contributed by atoms with E-state index in [1.165, 1.54) is 18.5 Å². The van der Waals surface area contributed by atoms with Gasteiger partial charge in [-0.25, -0.2) is 0 Å². The number of hydrogen-bond donors (Lipinski definition) is 1. The lowest BCUT2D eigenvalue weighted by Crippen LogP contribution is -2.40. The SMILES string of the molecule is CN(CCc1ccccn1)CC(C)(C)CNC1CC1. The van der Waals surface area contributed by atoms with Crippen molar-refractivity contribution in [3.63, 3.8) is 0 Å². The van der Waals surface area contributed by atoms with Crippen LogP contribution < -0.4 is 5.32 Å². The van der Waals surface area contributed by atoms with E-state index in [1.807, 2.05) is 12.3 Å². The van der Waals surface area contributed by atoms with Crippen molar-refractivity contribution in [1.29, 1.82) is 0 Å². The van der Waals surface area contributed by atoms with Crippen molar-refractivity contribution in [2.75, 3.05) is 26.7 Å². The van der Waals surface area contributed by atoms with Crippen LogP contribution in [0, 0.1) is 5.41 Å². The molecular weight excluding hydrogens is 234 g/mol. The number of aromatic nitrogens is 1. The van der Waals surface area contributed by atoms with Gasteiger partial charge in [0, 0.05) is 44.0 Å². The maximum atomic E-state index is 4.38. The highest BCUT2D eigenvalue weighted by atomic mass is 15.1. The van der Waals surface area contributed by atoms with Gasteiger partial charge in [0.1, 0.15) is 0 Å². The normalized spacial score (nSPS) is 16.0. The highest BCUT2D eigenvalue weighted by molar-refractivity contribution is 5.03. The van der Waals surface area contributed by atoms with E-state index in [2.05, 4.69) is 48.2 Å². The van der Waals surface area contributed by atoms with Crippen molar-refractivity contribution >= 4 is 0 Å². The van der Waals surface area contributed by atoms with Gasteiger partial charge in [0.15, 0.2) is 0 Å². The van der Waals surface area contributed by atoms with E-state index in [9.17, 15) is 0 Å². The first-order valence-electron chi connectivity index (χ1n) is 7.37. The molecule has 0 spiro atoms. The van der Waals surface area contributed by atoms with Crippen LogP contribution in [0.2, 0.25) is 0 Å². The van der Waals surface area contributed by atoms with E-state index in [1.54, 1.807) is 0 Å². The second-order valence-electron chi connectivity index (χ2n) is 6.63. The topological polar surface area (TPSA) is 28.2 Å². The van der Waals surface area contributed by atoms with E-state index in [0.29, 0.717) is 5.41 Å². The number of nitrogens with one attached hydrogen (secondary N) is 1. The summed E-state index contributed by atoms with van der Waals surface area (Å²) < 4.78 is 0. The minimum Gasteiger partial charge on any atom is -0.313 e. The second-order valence-corrected chi connectivity index (χ2v) is 6.63. The van der Waals surface area contributed by atoms with Crippen molar-refractivity contribution in [2.45, 2.75) is 39.2 Å². The molecule has 19 heavy (non-hydrogen) atoms. The molecule has 0 radical (unpaired) electrons. The molecule has 1 aromatic rings. The molecule has 3 heteroatoms. The molecule has 2 rings (SSSR count). The van der Waals surface area contributed by atoms with Gasteiger partial charge in [-0.1, -0.05) is 19.9 Å². The molecule has 106 valence electrons. The third-order valence-electron chi connectivity index (χ3n) is 3.62. The first-order chi connectivity index (χ1) is 9.05. The molecule has 1 aliphatic rings. The number of likely N-dealkylation sites (N-methyl/N-ethyl adjacent to an activating group) is 1. The predicted octanol–water partition coefficient (Wildman–Crippen LogP) is 2.33. The smallest absolute Gasteiger partial charge is 0.0416 e. The van der Waals surface area contributed by atoms with Gasteiger partial charge < -0.3 is 10.2 Å². The molecule has 3 nitrogen and oxygen atoms in total. The Morgan fingerprint density at radius 1 is 1.37 bits per heavy atom. The highest BCUT2D eigenvalue weighted by Crippen LogP contribution is 2.22. The maximum absolute atomic E-state index is 4.38. The summed E-state index contributed by atoms with van der Waals surface area (Å²) in [5, 5.41) is 3.64. The van der Waals surface area contributed by atoms with Crippen molar-refractivity contribution in [3.8, 4) is 0 Å². The van der Waals surface area contributed by atoms with Crippen LogP contribution in [0.4, 0.5) is 0 Å². The predicted molar refractivity (Wildman–Crippen MR) is 80.2 cm³/mol. The van der Waals surface area contributed by atoms with E-state index >= 15 is 0 Å². The summed E-state index contributed by atoms with van der Waals surface area (Å²) >= 11 is 0. The number of nitrogens with zero attached hydrogens (tertiary/aromatic N) is 2. The Balaban J connectivity index is 1.68. The molecule has 0 unspecified atom stereocenters. The van der Waals surface area contributed by atoms with E-state index in [-0.39, 0.29) is 0 Å². The first-order valence-corrected chi connectivity index (χ1v) is 7.37. The molecule has 1 saturated carbocycles. The Bertz CT molecular complexity index is 371. The summed E-state index contributed by atoms with van der Waals surface area (Å²) in [7, 11) is 2.21. The molecule has 0 aliphatic heterocycles. The van der Waals surface area contributed by atoms with Crippen LogP contribution in [0.1, 0.15) is 32.4 Å². The molecule has 1 aliphatic carbocycles. The maximum Gasteiger partial charge on any atom is 0.0416 e. The number of rotatable bonds is 8. The van der Waals surface area contributed by atoms with Crippen molar-refractivity contribution in [3.05, 3.63) is 30.1 Å². The molecule has 1 N–H and O–H groups in total. The Kier molecular flexibility index (Phi) is 4.94. The van der Waals surface area contributed by atoms with Gasteiger partial charge in [0.05, 0.1) is 0 Å². The van der Waals surface area contributed by atoms with E-state index in [0.717, 1.165) is 32.1 Å². The molecule has 0 aromatic carbocycles. The van der Waals surface area contributed by atoms with Crippen LogP contribution in [0.15, 0.2) is 24.4 Å². The zero-order chi connectivity index (χ0) is 13.7. The zero-order valence-corrected chi connectivity index (χ0v) is 12.5. The summed E-state index contributed by atoms with van der Waals surface area (Å²) in [5.41, 5.74) is 1.52. The summed E-state index contributed by atoms with van der Waals surface area (Å²) in [6.45, 7) is 8.01. The summed E-state index contributed by atoms with van der Waals surface area (Å²) in [6.07, 6.45) is 5.64. The lowest BCUT2D eigenvalue weighted by Gasteiger charge is -2.30. The van der Waals surface area contributed by atoms with E-state index in [4.69, 9.17) is 0 Å². The van der Waals surface area contributed by atoms with Crippen LogP contribution in [0.3, 0.4) is 0 Å². The van der Waals surface area contributed by atoms with Gasteiger partial charge in [-0.3, -0.25) is 4.98 Å². The van der Waals surface area contributed by atoms with Gasteiger partial charge in [0.25, 0.3) is 0 Å². The quantitative estimate of drug-likeness (QED) is 0.778. The second kappa shape index (κ2) is 6.49. The largest absolute Gasteiger partial charge is 0.313 e. The standard InChI is InChI=1S/C16H27N3/c1-16(2,12-18-15-7-8-15)13-19(3)11-9-14-6-4-5-10-17-14/h4-6,10,15,18H,7-9,11-13H2,1-3H3. The van der Waals surface area contributed by atoms with Crippen LogP contribution >= 0.6 is 0 Å². The molecule has 0 bridgehead atoms. The van der Waals surface area contributed by atoms with Crippen LogP contribution in [0.25, 0.3) is 0 Å². The third-order valence-corrected chi connectivity index (χ3v) is 3.62.